The Hall–Kier alpha value is -1.89. The fourth-order valence-corrected chi connectivity index (χ4v) is 2.40. The number of oxazole rings is 1. The van der Waals surface area contributed by atoms with Crippen LogP contribution in [0.2, 0.25) is 0 Å². The van der Waals surface area contributed by atoms with E-state index in [0.29, 0.717) is 22.2 Å². The summed E-state index contributed by atoms with van der Waals surface area (Å²) in [5.74, 6) is -0.520. The third-order valence-corrected chi connectivity index (χ3v) is 3.88. The smallest absolute Gasteiger partial charge is 0.408 e. The van der Waals surface area contributed by atoms with Crippen molar-refractivity contribution < 1.29 is 9.21 Å². The number of nitrogens with zero attached hydrogens (tertiary/aromatic N) is 1. The SMILES string of the molecule is Cn1c(=O)oc2cc(C(=O)c3ccc(I)cc3)ccc21. The molecule has 3 aromatic rings. The lowest BCUT2D eigenvalue weighted by molar-refractivity contribution is 0.103. The first-order chi connectivity index (χ1) is 9.56. The summed E-state index contributed by atoms with van der Waals surface area (Å²) < 4.78 is 7.58. The Labute approximate surface area is 128 Å². The normalized spacial score (nSPS) is 10.9. The number of fused-ring (bicyclic) bond motifs is 1. The highest BCUT2D eigenvalue weighted by molar-refractivity contribution is 14.1. The van der Waals surface area contributed by atoms with Gasteiger partial charge in [-0.1, -0.05) is 0 Å². The summed E-state index contributed by atoms with van der Waals surface area (Å²) in [6, 6.07) is 12.4. The van der Waals surface area contributed by atoms with Crippen LogP contribution in [-0.4, -0.2) is 10.4 Å². The molecule has 0 unspecified atom stereocenters. The Kier molecular flexibility index (Phi) is 3.21. The van der Waals surface area contributed by atoms with E-state index in [9.17, 15) is 9.59 Å². The van der Waals surface area contributed by atoms with E-state index in [-0.39, 0.29) is 5.78 Å². The van der Waals surface area contributed by atoms with E-state index in [1.807, 2.05) is 12.1 Å². The number of aromatic nitrogens is 1. The van der Waals surface area contributed by atoms with E-state index >= 15 is 0 Å². The van der Waals surface area contributed by atoms with Crippen LogP contribution in [0.1, 0.15) is 15.9 Å². The van der Waals surface area contributed by atoms with Gasteiger partial charge < -0.3 is 4.42 Å². The minimum atomic E-state index is -0.432. The highest BCUT2D eigenvalue weighted by Crippen LogP contribution is 2.18. The van der Waals surface area contributed by atoms with E-state index in [1.165, 1.54) is 4.57 Å². The van der Waals surface area contributed by atoms with E-state index in [0.717, 1.165) is 3.57 Å². The Morgan fingerprint density at radius 2 is 1.75 bits per heavy atom. The summed E-state index contributed by atoms with van der Waals surface area (Å²) in [5, 5.41) is 0. The van der Waals surface area contributed by atoms with Crippen molar-refractivity contribution in [1.82, 2.24) is 4.57 Å². The maximum atomic E-state index is 12.4. The molecule has 5 heteroatoms. The molecule has 1 aromatic heterocycles. The fourth-order valence-electron chi connectivity index (χ4n) is 2.04. The van der Waals surface area contributed by atoms with Crippen molar-refractivity contribution in [3.05, 3.63) is 67.7 Å². The van der Waals surface area contributed by atoms with Gasteiger partial charge in [-0.25, -0.2) is 4.79 Å². The predicted octanol–water partition coefficient (Wildman–Crippen LogP) is 2.97. The summed E-state index contributed by atoms with van der Waals surface area (Å²) in [7, 11) is 1.63. The van der Waals surface area contributed by atoms with Crippen LogP contribution in [0, 0.1) is 3.57 Å². The lowest BCUT2D eigenvalue weighted by Gasteiger charge is -2.01. The second kappa shape index (κ2) is 4.90. The molecule has 2 aromatic carbocycles. The Morgan fingerprint density at radius 1 is 1.10 bits per heavy atom. The second-order valence-electron chi connectivity index (χ2n) is 4.45. The van der Waals surface area contributed by atoms with Crippen LogP contribution < -0.4 is 5.76 Å². The van der Waals surface area contributed by atoms with Crippen LogP contribution in [0.3, 0.4) is 0 Å². The van der Waals surface area contributed by atoms with Crippen molar-refractivity contribution in [3.8, 4) is 0 Å². The van der Waals surface area contributed by atoms with Crippen molar-refractivity contribution >= 4 is 39.5 Å². The van der Waals surface area contributed by atoms with E-state index in [1.54, 1.807) is 37.4 Å². The van der Waals surface area contributed by atoms with Crippen LogP contribution in [-0.2, 0) is 7.05 Å². The van der Waals surface area contributed by atoms with Crippen LogP contribution in [0.4, 0.5) is 0 Å². The predicted molar refractivity (Wildman–Crippen MR) is 84.0 cm³/mol. The maximum Gasteiger partial charge on any atom is 0.419 e. The quantitative estimate of drug-likeness (QED) is 0.508. The number of hydrogen-bond donors (Lipinski definition) is 0. The summed E-state index contributed by atoms with van der Waals surface area (Å²) >= 11 is 2.19. The number of hydrogen-bond acceptors (Lipinski definition) is 3. The molecule has 0 fully saturated rings. The van der Waals surface area contributed by atoms with Crippen molar-refractivity contribution in [3.63, 3.8) is 0 Å². The number of halogens is 1. The number of carbonyl (C=O) groups excluding carboxylic acids is 1. The van der Waals surface area contributed by atoms with Crippen molar-refractivity contribution in [1.29, 1.82) is 0 Å². The molecule has 0 atom stereocenters. The molecule has 3 rings (SSSR count). The Balaban J connectivity index is 2.08. The van der Waals surface area contributed by atoms with Crippen LogP contribution in [0.15, 0.2) is 51.7 Å². The number of aryl methyl sites for hydroxylation is 1. The molecular formula is C15H10INO3. The maximum absolute atomic E-state index is 12.4. The van der Waals surface area contributed by atoms with Crippen LogP contribution in [0.25, 0.3) is 11.1 Å². The molecule has 4 nitrogen and oxygen atoms in total. The van der Waals surface area contributed by atoms with Gasteiger partial charge in [-0.3, -0.25) is 9.36 Å². The molecular weight excluding hydrogens is 369 g/mol. The first kappa shape index (κ1) is 13.1. The Morgan fingerprint density at radius 3 is 2.45 bits per heavy atom. The van der Waals surface area contributed by atoms with Gasteiger partial charge in [0.25, 0.3) is 0 Å². The van der Waals surface area contributed by atoms with Gasteiger partial charge in [0.15, 0.2) is 11.4 Å². The third kappa shape index (κ3) is 2.18. The molecule has 0 saturated carbocycles. The van der Waals surface area contributed by atoms with E-state index in [2.05, 4.69) is 22.6 Å². The molecule has 1 heterocycles. The first-order valence-corrected chi connectivity index (χ1v) is 7.04. The zero-order valence-corrected chi connectivity index (χ0v) is 12.7. The molecule has 0 saturated heterocycles. The van der Waals surface area contributed by atoms with Gasteiger partial charge in [0, 0.05) is 21.7 Å². The van der Waals surface area contributed by atoms with Gasteiger partial charge in [-0.2, -0.15) is 0 Å². The van der Waals surface area contributed by atoms with Gasteiger partial charge in [0.1, 0.15) is 0 Å². The van der Waals surface area contributed by atoms with Gasteiger partial charge in [-0.05, 0) is 65.1 Å². The van der Waals surface area contributed by atoms with Gasteiger partial charge in [0.2, 0.25) is 0 Å². The number of benzene rings is 2. The van der Waals surface area contributed by atoms with E-state index < -0.39 is 5.76 Å². The topological polar surface area (TPSA) is 52.2 Å². The summed E-state index contributed by atoms with van der Waals surface area (Å²) in [6.45, 7) is 0. The van der Waals surface area contributed by atoms with Crippen molar-refractivity contribution in [2.45, 2.75) is 0 Å². The fraction of sp³-hybridized carbons (Fsp3) is 0.0667. The highest BCUT2D eigenvalue weighted by atomic mass is 127. The second-order valence-corrected chi connectivity index (χ2v) is 5.69. The minimum Gasteiger partial charge on any atom is -0.408 e. The molecule has 0 N–H and O–H groups in total. The van der Waals surface area contributed by atoms with Crippen LogP contribution >= 0.6 is 22.6 Å². The highest BCUT2D eigenvalue weighted by Gasteiger charge is 2.12. The zero-order valence-electron chi connectivity index (χ0n) is 10.6. The average Bonchev–Trinajstić information content (AvgIpc) is 2.74. The average molecular weight is 379 g/mol. The standard InChI is InChI=1S/C15H10INO3/c1-17-12-7-4-10(8-13(12)20-15(17)19)14(18)9-2-5-11(16)6-3-9/h2-8H,1H3. The number of carbonyl (C=O) groups is 1. The molecule has 0 aliphatic rings. The molecule has 0 radical (unpaired) electrons. The number of ketones is 1. The van der Waals surface area contributed by atoms with Gasteiger partial charge in [-0.15, -0.1) is 0 Å². The van der Waals surface area contributed by atoms with E-state index in [4.69, 9.17) is 4.42 Å². The lowest BCUT2D eigenvalue weighted by atomic mass is 10.0. The van der Waals surface area contributed by atoms with Crippen molar-refractivity contribution in [2.24, 2.45) is 7.05 Å². The largest absolute Gasteiger partial charge is 0.419 e. The molecule has 0 amide bonds. The monoisotopic (exact) mass is 379 g/mol. The molecule has 20 heavy (non-hydrogen) atoms. The summed E-state index contributed by atoms with van der Waals surface area (Å²) in [4.78, 5) is 23.8. The molecule has 0 spiro atoms. The first-order valence-electron chi connectivity index (χ1n) is 5.96. The summed E-state index contributed by atoms with van der Waals surface area (Å²) in [6.07, 6.45) is 0. The molecule has 100 valence electrons. The lowest BCUT2D eigenvalue weighted by Crippen LogP contribution is -2.08. The van der Waals surface area contributed by atoms with Gasteiger partial charge >= 0.3 is 5.76 Å². The van der Waals surface area contributed by atoms with Crippen LogP contribution in [0.5, 0.6) is 0 Å². The zero-order chi connectivity index (χ0) is 14.3. The molecule has 0 aliphatic heterocycles. The van der Waals surface area contributed by atoms with Crippen molar-refractivity contribution in [2.75, 3.05) is 0 Å². The number of rotatable bonds is 2. The van der Waals surface area contributed by atoms with Gasteiger partial charge in [0.05, 0.1) is 5.52 Å². The molecule has 0 bridgehead atoms. The summed E-state index contributed by atoms with van der Waals surface area (Å²) in [5.41, 5.74) is 2.22. The molecule has 0 aliphatic carbocycles. The Bertz CT molecular complexity index is 859. The third-order valence-electron chi connectivity index (χ3n) is 3.16. The minimum absolute atomic E-state index is 0.0881.